The van der Waals surface area contributed by atoms with Crippen molar-refractivity contribution in [3.05, 3.63) is 35.9 Å². The molecule has 0 saturated carbocycles. The highest BCUT2D eigenvalue weighted by Crippen LogP contribution is 2.20. The van der Waals surface area contributed by atoms with E-state index in [4.69, 9.17) is 0 Å². The molecule has 0 atom stereocenters. The molecule has 0 saturated heterocycles. The Hall–Kier alpha value is -2.04. The van der Waals surface area contributed by atoms with Crippen molar-refractivity contribution in [2.75, 3.05) is 0 Å². The lowest BCUT2D eigenvalue weighted by Crippen LogP contribution is -2.09. The van der Waals surface area contributed by atoms with Gasteiger partial charge in [-0.25, -0.2) is 9.37 Å². The second kappa shape index (κ2) is 4.68. The summed E-state index contributed by atoms with van der Waals surface area (Å²) in [6.45, 7) is 5.33. The molecule has 94 valence electrons. The Kier molecular flexibility index (Phi) is 3.23. The van der Waals surface area contributed by atoms with Crippen LogP contribution in [0.5, 0.6) is 0 Å². The van der Waals surface area contributed by atoms with Gasteiger partial charge in [0.05, 0.1) is 0 Å². The number of benzene rings is 1. The molecule has 1 heterocycles. The molecule has 1 aromatic carbocycles. The molecule has 0 aliphatic rings. The number of carbonyl (C=O) groups is 1. The monoisotopic (exact) mass is 247 g/mol. The van der Waals surface area contributed by atoms with Crippen LogP contribution in [0, 0.1) is 5.82 Å². The van der Waals surface area contributed by atoms with Crippen molar-refractivity contribution < 1.29 is 9.18 Å². The predicted octanol–water partition coefficient (Wildman–Crippen LogP) is 2.87. The molecule has 0 N–H and O–H groups in total. The predicted molar refractivity (Wildman–Crippen MR) is 65.8 cm³/mol. The van der Waals surface area contributed by atoms with Crippen molar-refractivity contribution in [2.45, 2.75) is 26.7 Å². The molecule has 0 spiro atoms. The number of nitrogens with zero attached hydrogens (tertiary/aromatic N) is 3. The molecule has 0 amide bonds. The summed E-state index contributed by atoms with van der Waals surface area (Å²) in [6, 6.07) is 5.85. The standard InChI is InChI=1S/C13H14FN3O/c1-8(2)12-15-13(17(16-12)9(3)18)10-4-6-11(14)7-5-10/h4-8H,1-3H3. The molecule has 5 heteroatoms. The Morgan fingerprint density at radius 1 is 1.28 bits per heavy atom. The number of rotatable bonds is 2. The van der Waals surface area contributed by atoms with Gasteiger partial charge in [0.15, 0.2) is 11.6 Å². The van der Waals surface area contributed by atoms with E-state index in [1.165, 1.54) is 23.7 Å². The van der Waals surface area contributed by atoms with Gasteiger partial charge in [-0.2, -0.15) is 4.68 Å². The Morgan fingerprint density at radius 3 is 2.39 bits per heavy atom. The molecule has 0 aliphatic heterocycles. The third-order valence-electron chi connectivity index (χ3n) is 2.54. The highest BCUT2D eigenvalue weighted by atomic mass is 19.1. The number of carbonyl (C=O) groups excluding carboxylic acids is 1. The molecule has 0 radical (unpaired) electrons. The molecule has 0 fully saturated rings. The van der Waals surface area contributed by atoms with Crippen molar-refractivity contribution in [3.63, 3.8) is 0 Å². The molecule has 18 heavy (non-hydrogen) atoms. The second-order valence-corrected chi connectivity index (χ2v) is 4.39. The number of hydrogen-bond donors (Lipinski definition) is 0. The van der Waals surface area contributed by atoms with Crippen molar-refractivity contribution in [1.82, 2.24) is 14.8 Å². The zero-order valence-corrected chi connectivity index (χ0v) is 10.5. The molecule has 0 bridgehead atoms. The first-order valence-electron chi connectivity index (χ1n) is 5.73. The van der Waals surface area contributed by atoms with E-state index < -0.39 is 0 Å². The Balaban J connectivity index is 2.55. The van der Waals surface area contributed by atoms with E-state index in [2.05, 4.69) is 10.1 Å². The summed E-state index contributed by atoms with van der Waals surface area (Å²) in [5, 5.41) is 4.17. The lowest BCUT2D eigenvalue weighted by Gasteiger charge is -2.00. The van der Waals surface area contributed by atoms with E-state index in [0.29, 0.717) is 17.2 Å². The quantitative estimate of drug-likeness (QED) is 0.819. The fourth-order valence-corrected chi connectivity index (χ4v) is 1.58. The maximum Gasteiger partial charge on any atom is 0.245 e. The van der Waals surface area contributed by atoms with Gasteiger partial charge in [-0.1, -0.05) is 13.8 Å². The lowest BCUT2D eigenvalue weighted by atomic mass is 10.2. The van der Waals surface area contributed by atoms with E-state index in [1.54, 1.807) is 12.1 Å². The summed E-state index contributed by atoms with van der Waals surface area (Å²) in [4.78, 5) is 15.9. The van der Waals surface area contributed by atoms with Gasteiger partial charge in [0.2, 0.25) is 5.91 Å². The highest BCUT2D eigenvalue weighted by molar-refractivity contribution is 5.79. The average Bonchev–Trinajstić information content (AvgIpc) is 2.75. The van der Waals surface area contributed by atoms with Gasteiger partial charge in [-0.05, 0) is 24.3 Å². The fraction of sp³-hybridized carbons (Fsp3) is 0.308. The van der Waals surface area contributed by atoms with Crippen LogP contribution in [-0.4, -0.2) is 20.7 Å². The second-order valence-electron chi connectivity index (χ2n) is 4.39. The molecule has 0 aliphatic carbocycles. The lowest BCUT2D eigenvalue weighted by molar-refractivity contribution is 0.0922. The third kappa shape index (κ3) is 2.30. The van der Waals surface area contributed by atoms with Crippen LogP contribution in [0.4, 0.5) is 4.39 Å². The first-order chi connectivity index (χ1) is 8.49. The van der Waals surface area contributed by atoms with Crippen molar-refractivity contribution >= 4 is 5.91 Å². The van der Waals surface area contributed by atoms with Gasteiger partial charge >= 0.3 is 0 Å². The summed E-state index contributed by atoms with van der Waals surface area (Å²) in [5.41, 5.74) is 0.672. The van der Waals surface area contributed by atoms with Crippen molar-refractivity contribution in [1.29, 1.82) is 0 Å². The molecular weight excluding hydrogens is 233 g/mol. The van der Waals surface area contributed by atoms with Crippen LogP contribution in [0.3, 0.4) is 0 Å². The summed E-state index contributed by atoms with van der Waals surface area (Å²) in [7, 11) is 0. The van der Waals surface area contributed by atoms with E-state index >= 15 is 0 Å². The largest absolute Gasteiger partial charge is 0.273 e. The minimum absolute atomic E-state index is 0.129. The van der Waals surface area contributed by atoms with Crippen LogP contribution in [0.25, 0.3) is 11.4 Å². The Morgan fingerprint density at radius 2 is 1.89 bits per heavy atom. The van der Waals surface area contributed by atoms with Crippen LogP contribution >= 0.6 is 0 Å². The van der Waals surface area contributed by atoms with Gasteiger partial charge in [-0.15, -0.1) is 5.10 Å². The minimum Gasteiger partial charge on any atom is -0.273 e. The molecule has 1 aromatic heterocycles. The Bertz CT molecular complexity index is 572. The molecule has 4 nitrogen and oxygen atoms in total. The fourth-order valence-electron chi connectivity index (χ4n) is 1.58. The number of aromatic nitrogens is 3. The van der Waals surface area contributed by atoms with E-state index in [0.717, 1.165) is 0 Å². The zero-order chi connectivity index (χ0) is 13.3. The third-order valence-corrected chi connectivity index (χ3v) is 2.54. The maximum absolute atomic E-state index is 12.9. The SMILES string of the molecule is CC(=O)n1nc(C(C)C)nc1-c1ccc(F)cc1. The van der Waals surface area contributed by atoms with Gasteiger partial charge in [-0.3, -0.25) is 4.79 Å². The maximum atomic E-state index is 12.9. The number of hydrogen-bond acceptors (Lipinski definition) is 3. The minimum atomic E-state index is -0.322. The molecule has 2 rings (SSSR count). The smallest absolute Gasteiger partial charge is 0.245 e. The van der Waals surface area contributed by atoms with Crippen molar-refractivity contribution in [3.8, 4) is 11.4 Å². The average molecular weight is 247 g/mol. The van der Waals surface area contributed by atoms with Gasteiger partial charge in [0.1, 0.15) is 5.82 Å². The van der Waals surface area contributed by atoms with E-state index in [9.17, 15) is 9.18 Å². The van der Waals surface area contributed by atoms with E-state index in [-0.39, 0.29) is 17.6 Å². The van der Waals surface area contributed by atoms with Crippen LogP contribution in [-0.2, 0) is 0 Å². The topological polar surface area (TPSA) is 47.8 Å². The van der Waals surface area contributed by atoms with Crippen LogP contribution in [0.1, 0.15) is 37.3 Å². The summed E-state index contributed by atoms with van der Waals surface area (Å²) in [5.74, 6) is 0.644. The van der Waals surface area contributed by atoms with E-state index in [1.807, 2.05) is 13.8 Å². The van der Waals surface area contributed by atoms with Crippen molar-refractivity contribution in [2.24, 2.45) is 0 Å². The zero-order valence-electron chi connectivity index (χ0n) is 10.5. The van der Waals surface area contributed by atoms with Crippen LogP contribution in [0.2, 0.25) is 0 Å². The summed E-state index contributed by atoms with van der Waals surface area (Å²) < 4.78 is 14.1. The molecule has 0 unspecified atom stereocenters. The van der Waals surface area contributed by atoms with Gasteiger partial charge in [0, 0.05) is 18.4 Å². The first-order valence-corrected chi connectivity index (χ1v) is 5.73. The highest BCUT2D eigenvalue weighted by Gasteiger charge is 2.16. The van der Waals surface area contributed by atoms with Gasteiger partial charge < -0.3 is 0 Å². The van der Waals surface area contributed by atoms with Crippen LogP contribution in [0.15, 0.2) is 24.3 Å². The summed E-state index contributed by atoms with van der Waals surface area (Å²) in [6.07, 6.45) is 0. The van der Waals surface area contributed by atoms with Crippen LogP contribution < -0.4 is 0 Å². The Labute approximate surface area is 104 Å². The summed E-state index contributed by atoms with van der Waals surface area (Å²) >= 11 is 0. The van der Waals surface area contributed by atoms with Gasteiger partial charge in [0.25, 0.3) is 0 Å². The first kappa shape index (κ1) is 12.4. The molecule has 2 aromatic rings. The number of halogens is 1. The molecular formula is C13H14FN3O. The normalized spacial score (nSPS) is 10.9.